The third-order valence-corrected chi connectivity index (χ3v) is 13.7. The van der Waals surface area contributed by atoms with Gasteiger partial charge in [0, 0.05) is 37.6 Å². The zero-order valence-corrected chi connectivity index (χ0v) is 32.5. The number of amides is 1. The Hall–Kier alpha value is -1.55. The van der Waals surface area contributed by atoms with Gasteiger partial charge in [-0.05, 0) is 98.2 Å². The van der Waals surface area contributed by atoms with Crippen LogP contribution in [0, 0.1) is 46.3 Å². The summed E-state index contributed by atoms with van der Waals surface area (Å²) in [4.78, 5) is 25.6. The first-order chi connectivity index (χ1) is 23.0. The van der Waals surface area contributed by atoms with Crippen molar-refractivity contribution < 1.29 is 19.8 Å². The van der Waals surface area contributed by atoms with Crippen LogP contribution in [0.3, 0.4) is 0 Å². The second kappa shape index (κ2) is 15.6. The average molecular weight is 683 g/mol. The number of aliphatic hydroxyl groups excluding tert-OH is 2. The summed E-state index contributed by atoms with van der Waals surface area (Å²) in [6, 6.07) is 8.61. The summed E-state index contributed by atoms with van der Waals surface area (Å²) in [7, 11) is 4.38. The first-order valence-electron chi connectivity index (χ1n) is 19.5. The van der Waals surface area contributed by atoms with Crippen molar-refractivity contribution in [2.24, 2.45) is 46.3 Å². The number of fused-ring (bicyclic) bond motifs is 2. The van der Waals surface area contributed by atoms with Gasteiger partial charge in [0.2, 0.25) is 5.91 Å². The molecule has 3 N–H and O–H groups in total. The van der Waals surface area contributed by atoms with Crippen molar-refractivity contribution in [2.45, 2.75) is 137 Å². The fourth-order valence-corrected chi connectivity index (χ4v) is 10.1. The van der Waals surface area contributed by atoms with E-state index in [2.05, 4.69) is 102 Å². The molecule has 8 nitrogen and oxygen atoms in total. The van der Waals surface area contributed by atoms with Crippen molar-refractivity contribution in [3.05, 3.63) is 35.4 Å². The van der Waals surface area contributed by atoms with Crippen LogP contribution in [0.5, 0.6) is 0 Å². The topological polar surface area (TPSA) is 88.5 Å². The summed E-state index contributed by atoms with van der Waals surface area (Å²) < 4.78 is 0. The number of nitrogens with one attached hydrogen (secondary N) is 1. The lowest BCUT2D eigenvalue weighted by molar-refractivity contribution is -0.183. The maximum atomic E-state index is 14.2. The van der Waals surface area contributed by atoms with Crippen LogP contribution >= 0.6 is 0 Å². The molecule has 5 fully saturated rings. The molecule has 0 aromatic heterocycles. The smallest absolute Gasteiger partial charge is 0.240 e. The Morgan fingerprint density at radius 2 is 1.80 bits per heavy atom. The SMILES string of the molecule is CC([C@@H](CN(C)C)N(Cc1cccc(CN2O[C@@H](CO)[C@@H]([C@H](C)O)[C@H]2C(=O)N[C@H]2C[C@@H]3C[C@H]([C@@H]2C)C3(C)C)c1)CC1CCCC1)C(C)(C)C. The van der Waals surface area contributed by atoms with Gasteiger partial charge in [-0.2, -0.15) is 5.06 Å². The minimum Gasteiger partial charge on any atom is -0.394 e. The predicted octanol–water partition coefficient (Wildman–Crippen LogP) is 5.95. The maximum absolute atomic E-state index is 14.2. The molecular weight excluding hydrogens is 612 g/mol. The highest BCUT2D eigenvalue weighted by Gasteiger charge is 2.57. The molecule has 4 aliphatic carbocycles. The lowest BCUT2D eigenvalue weighted by Crippen LogP contribution is -2.62. The van der Waals surface area contributed by atoms with E-state index in [-0.39, 0.29) is 24.0 Å². The fraction of sp³-hybridized carbons (Fsp3) is 0.829. The van der Waals surface area contributed by atoms with Crippen LogP contribution in [0.4, 0.5) is 0 Å². The van der Waals surface area contributed by atoms with Gasteiger partial charge in [-0.1, -0.05) is 85.6 Å². The van der Waals surface area contributed by atoms with Gasteiger partial charge in [0.05, 0.1) is 19.3 Å². The van der Waals surface area contributed by atoms with Crippen molar-refractivity contribution in [3.8, 4) is 0 Å². The number of hydrogen-bond acceptors (Lipinski definition) is 7. The summed E-state index contributed by atoms with van der Waals surface area (Å²) in [6.07, 6.45) is 6.13. The standard InChI is InChI=1S/C41H70N4O4/c1-26-33-19-32(41(33,7)8)20-34(26)42-39(48)38-37(28(3)47)36(25-46)49-45(38)23-31-17-13-16-30(18-31)22-44(21-29-14-11-12-15-29)35(24-43(9)10)27(2)40(4,5)6/h13,16-18,26-29,32-38,46-47H,11-12,14-15,19-25H2,1-10H3,(H,42,48)/t26-,27?,28-,32-,33+,34-,35+,36-,37+,38-/m0/s1. The lowest BCUT2D eigenvalue weighted by atomic mass is 9.45. The summed E-state index contributed by atoms with van der Waals surface area (Å²) in [5, 5.41) is 26.4. The molecule has 1 heterocycles. The van der Waals surface area contributed by atoms with Gasteiger partial charge in [0.15, 0.2) is 0 Å². The molecular formula is C41H70N4O4. The second-order valence-corrected chi connectivity index (χ2v) is 18.6. The number of benzene rings is 1. The number of carbonyl (C=O) groups is 1. The first-order valence-corrected chi connectivity index (χ1v) is 19.5. The van der Waals surface area contributed by atoms with E-state index >= 15 is 0 Å². The van der Waals surface area contributed by atoms with Crippen LogP contribution in [-0.2, 0) is 22.7 Å². The normalized spacial score (nSPS) is 32.3. The van der Waals surface area contributed by atoms with Gasteiger partial charge in [0.1, 0.15) is 12.1 Å². The molecule has 0 radical (unpaired) electrons. The molecule has 1 aliphatic heterocycles. The number of rotatable bonds is 14. The van der Waals surface area contributed by atoms with E-state index in [1.807, 2.05) is 0 Å². The zero-order chi connectivity index (χ0) is 35.8. The van der Waals surface area contributed by atoms with E-state index in [1.165, 1.54) is 37.7 Å². The van der Waals surface area contributed by atoms with Gasteiger partial charge in [-0.15, -0.1) is 0 Å². The van der Waals surface area contributed by atoms with Crippen molar-refractivity contribution in [1.29, 1.82) is 0 Å². The Labute approximate surface area is 298 Å². The molecule has 1 amide bonds. The summed E-state index contributed by atoms with van der Waals surface area (Å²) >= 11 is 0. The Morgan fingerprint density at radius 3 is 2.37 bits per heavy atom. The van der Waals surface area contributed by atoms with Crippen LogP contribution in [-0.4, -0.2) is 95.1 Å². The molecule has 278 valence electrons. The number of hydrogen-bond donors (Lipinski definition) is 3. The van der Waals surface area contributed by atoms with Crippen LogP contribution in [0.25, 0.3) is 0 Å². The Kier molecular flexibility index (Phi) is 12.3. The van der Waals surface area contributed by atoms with Gasteiger partial charge < -0.3 is 20.4 Å². The summed E-state index contributed by atoms with van der Waals surface area (Å²) in [5.41, 5.74) is 2.86. The summed E-state index contributed by atoms with van der Waals surface area (Å²) in [5.74, 6) is 2.28. The first kappa shape index (κ1) is 38.7. The zero-order valence-electron chi connectivity index (χ0n) is 32.5. The molecule has 2 bridgehead atoms. The third kappa shape index (κ3) is 8.58. The van der Waals surface area contributed by atoms with Crippen molar-refractivity contribution in [2.75, 3.05) is 33.8 Å². The quantitative estimate of drug-likeness (QED) is 0.224. The number of carbonyl (C=O) groups excluding carboxylic acids is 1. The fourth-order valence-electron chi connectivity index (χ4n) is 10.1. The average Bonchev–Trinajstić information content (AvgIpc) is 3.67. The number of likely N-dealkylation sites (N-methyl/N-ethyl adjacent to an activating group) is 1. The Bertz CT molecular complexity index is 1240. The molecule has 1 aromatic rings. The third-order valence-electron chi connectivity index (χ3n) is 13.7. The van der Waals surface area contributed by atoms with Crippen molar-refractivity contribution in [3.63, 3.8) is 0 Å². The van der Waals surface area contributed by atoms with E-state index in [0.29, 0.717) is 41.7 Å². The van der Waals surface area contributed by atoms with Gasteiger partial charge in [0.25, 0.3) is 0 Å². The van der Waals surface area contributed by atoms with E-state index in [1.54, 1.807) is 12.0 Å². The number of aliphatic hydroxyl groups is 2. The molecule has 1 saturated heterocycles. The monoisotopic (exact) mass is 683 g/mol. The molecule has 6 rings (SSSR count). The van der Waals surface area contributed by atoms with E-state index in [4.69, 9.17) is 4.84 Å². The molecule has 8 heteroatoms. The molecule has 4 saturated carbocycles. The minimum absolute atomic E-state index is 0.0978. The highest BCUT2D eigenvalue weighted by atomic mass is 16.7. The van der Waals surface area contributed by atoms with Crippen molar-refractivity contribution >= 4 is 5.91 Å². The Balaban J connectivity index is 1.36. The molecule has 10 atom stereocenters. The molecule has 5 aliphatic rings. The minimum atomic E-state index is -0.803. The van der Waals surface area contributed by atoms with Crippen LogP contribution in [0.1, 0.15) is 105 Å². The van der Waals surface area contributed by atoms with E-state index < -0.39 is 24.2 Å². The molecule has 1 aromatic carbocycles. The highest BCUT2D eigenvalue weighted by molar-refractivity contribution is 5.82. The molecule has 0 spiro atoms. The molecule has 49 heavy (non-hydrogen) atoms. The van der Waals surface area contributed by atoms with E-state index in [0.717, 1.165) is 37.5 Å². The second-order valence-electron chi connectivity index (χ2n) is 18.6. The number of nitrogens with zero attached hydrogens (tertiary/aromatic N) is 3. The van der Waals surface area contributed by atoms with Crippen molar-refractivity contribution in [1.82, 2.24) is 20.2 Å². The van der Waals surface area contributed by atoms with E-state index in [9.17, 15) is 15.0 Å². The summed E-state index contributed by atoms with van der Waals surface area (Å²) in [6.45, 7) is 21.5. The number of hydroxylamine groups is 2. The predicted molar refractivity (Wildman–Crippen MR) is 197 cm³/mol. The largest absolute Gasteiger partial charge is 0.394 e. The Morgan fingerprint density at radius 1 is 1.12 bits per heavy atom. The lowest BCUT2D eigenvalue weighted by Gasteiger charge is -2.62. The molecule has 1 unspecified atom stereocenters. The van der Waals surface area contributed by atoms with Gasteiger partial charge in [-0.3, -0.25) is 14.5 Å². The van der Waals surface area contributed by atoms with Crippen LogP contribution < -0.4 is 5.32 Å². The highest BCUT2D eigenvalue weighted by Crippen LogP contribution is 2.61. The maximum Gasteiger partial charge on any atom is 0.240 e. The van der Waals surface area contributed by atoms with Gasteiger partial charge in [-0.25, -0.2) is 0 Å². The van der Waals surface area contributed by atoms with Crippen LogP contribution in [0.15, 0.2) is 24.3 Å². The van der Waals surface area contributed by atoms with Gasteiger partial charge >= 0.3 is 0 Å². The van der Waals surface area contributed by atoms with Crippen LogP contribution in [0.2, 0.25) is 0 Å².